The van der Waals surface area contributed by atoms with E-state index in [0.717, 1.165) is 44.2 Å². The molecule has 150 valence electrons. The zero-order valence-electron chi connectivity index (χ0n) is 16.2. The lowest BCUT2D eigenvalue weighted by molar-refractivity contribution is 0.109. The van der Waals surface area contributed by atoms with Crippen LogP contribution in [0.25, 0.3) is 0 Å². The molecule has 1 rings (SSSR count). The van der Waals surface area contributed by atoms with Crippen LogP contribution in [0.2, 0.25) is 0 Å². The Morgan fingerprint density at radius 2 is 1.96 bits per heavy atom. The van der Waals surface area contributed by atoms with Crippen LogP contribution < -0.4 is 10.6 Å². The molecule has 0 radical (unpaired) electrons. The van der Waals surface area contributed by atoms with Crippen LogP contribution in [-0.2, 0) is 21.3 Å². The van der Waals surface area contributed by atoms with Crippen molar-refractivity contribution >= 4 is 40.7 Å². The minimum absolute atomic E-state index is 0. The van der Waals surface area contributed by atoms with Crippen molar-refractivity contribution in [2.24, 2.45) is 10.9 Å². The third-order valence-corrected chi connectivity index (χ3v) is 4.62. The summed E-state index contributed by atoms with van der Waals surface area (Å²) in [6.07, 6.45) is 0.906. The van der Waals surface area contributed by atoms with Crippen LogP contribution in [0, 0.1) is 5.92 Å². The Kier molecular flexibility index (Phi) is 16.1. The van der Waals surface area contributed by atoms with Gasteiger partial charge in [0.1, 0.15) is 0 Å². The number of halogens is 1. The van der Waals surface area contributed by atoms with Crippen LogP contribution >= 0.6 is 24.0 Å². The van der Waals surface area contributed by atoms with Gasteiger partial charge < -0.3 is 15.4 Å². The van der Waals surface area contributed by atoms with Crippen LogP contribution in [0.15, 0.2) is 35.3 Å². The molecule has 0 aliphatic carbocycles. The monoisotopic (exact) mass is 495 g/mol. The van der Waals surface area contributed by atoms with Crippen molar-refractivity contribution in [2.75, 3.05) is 38.6 Å². The van der Waals surface area contributed by atoms with Gasteiger partial charge in [-0.3, -0.25) is 9.20 Å². The number of aliphatic imine (C=N–C) groups is 1. The lowest BCUT2D eigenvalue weighted by Gasteiger charge is -2.11. The smallest absolute Gasteiger partial charge is 0.191 e. The first kappa shape index (κ1) is 25.3. The van der Waals surface area contributed by atoms with Crippen LogP contribution in [0.4, 0.5) is 0 Å². The maximum Gasteiger partial charge on any atom is 0.191 e. The number of guanidine groups is 1. The van der Waals surface area contributed by atoms with Crippen molar-refractivity contribution in [1.29, 1.82) is 0 Å². The van der Waals surface area contributed by atoms with Gasteiger partial charge in [0.2, 0.25) is 0 Å². The van der Waals surface area contributed by atoms with Crippen LogP contribution in [-0.4, -0.2) is 48.8 Å². The average molecular weight is 495 g/mol. The van der Waals surface area contributed by atoms with Crippen molar-refractivity contribution in [2.45, 2.75) is 32.9 Å². The molecule has 0 aromatic heterocycles. The zero-order valence-corrected chi connectivity index (χ0v) is 19.3. The summed E-state index contributed by atoms with van der Waals surface area (Å²) in [5.41, 5.74) is 1.11. The van der Waals surface area contributed by atoms with Crippen molar-refractivity contribution < 1.29 is 8.95 Å². The highest BCUT2D eigenvalue weighted by molar-refractivity contribution is 14.0. The second-order valence-corrected chi connectivity index (χ2v) is 7.86. The van der Waals surface area contributed by atoms with E-state index in [4.69, 9.17) is 4.74 Å². The molecule has 0 aliphatic rings. The maximum absolute atomic E-state index is 12.1. The molecule has 0 saturated carbocycles. The van der Waals surface area contributed by atoms with Gasteiger partial charge in [0.15, 0.2) is 5.96 Å². The normalized spacial score (nSPS) is 12.5. The van der Waals surface area contributed by atoms with E-state index in [1.807, 2.05) is 37.3 Å². The lowest BCUT2D eigenvalue weighted by Crippen LogP contribution is -2.39. The summed E-state index contributed by atoms with van der Waals surface area (Å²) in [4.78, 5) is 4.53. The number of nitrogens with one attached hydrogen (secondary N) is 2. The fourth-order valence-corrected chi connectivity index (χ4v) is 3.17. The number of benzene rings is 1. The van der Waals surface area contributed by atoms with Crippen molar-refractivity contribution in [3.8, 4) is 0 Å². The van der Waals surface area contributed by atoms with Crippen molar-refractivity contribution in [1.82, 2.24) is 10.6 Å². The molecule has 1 aromatic carbocycles. The standard InChI is InChI=1S/C19H33N3O2S.HI/c1-4-20-19(21-11-8-13-24-15-17(2)3)22-12-14-25(23)16-18-9-6-5-7-10-18;/h5-7,9-10,17H,4,8,11-16H2,1-3H3,(H2,20,21,22);1H. The minimum atomic E-state index is -0.871. The molecule has 0 spiro atoms. The fraction of sp³-hybridized carbons (Fsp3) is 0.632. The van der Waals surface area contributed by atoms with Gasteiger partial charge in [-0.25, -0.2) is 0 Å². The predicted molar refractivity (Wildman–Crippen MR) is 123 cm³/mol. The summed E-state index contributed by atoms with van der Waals surface area (Å²) in [6.45, 7) is 10.0. The van der Waals surface area contributed by atoms with Gasteiger partial charge in [0, 0.05) is 55.2 Å². The first-order chi connectivity index (χ1) is 12.1. The highest BCUT2D eigenvalue weighted by Gasteiger charge is 2.03. The Bertz CT molecular complexity index is 513. The molecule has 0 bridgehead atoms. The first-order valence-electron chi connectivity index (χ1n) is 9.10. The predicted octanol–water partition coefficient (Wildman–Crippen LogP) is 3.17. The van der Waals surface area contributed by atoms with E-state index in [2.05, 4.69) is 29.5 Å². The molecule has 2 N–H and O–H groups in total. The summed E-state index contributed by atoms with van der Waals surface area (Å²) >= 11 is 0. The fourth-order valence-electron chi connectivity index (χ4n) is 2.13. The van der Waals surface area contributed by atoms with Gasteiger partial charge in [-0.1, -0.05) is 44.2 Å². The summed E-state index contributed by atoms with van der Waals surface area (Å²) < 4.78 is 17.7. The summed E-state index contributed by atoms with van der Waals surface area (Å²) in [5, 5.41) is 6.47. The quantitative estimate of drug-likeness (QED) is 0.203. The summed E-state index contributed by atoms with van der Waals surface area (Å²) in [5.74, 6) is 2.56. The highest BCUT2D eigenvalue weighted by atomic mass is 127. The molecule has 1 atom stereocenters. The number of nitrogens with zero attached hydrogens (tertiary/aromatic N) is 1. The highest BCUT2D eigenvalue weighted by Crippen LogP contribution is 2.02. The van der Waals surface area contributed by atoms with Crippen molar-refractivity contribution in [3.05, 3.63) is 35.9 Å². The Labute approximate surface area is 178 Å². The second kappa shape index (κ2) is 16.5. The third kappa shape index (κ3) is 13.5. The Hall–Kier alpha value is -0.670. The number of hydrogen-bond acceptors (Lipinski definition) is 3. The SMILES string of the molecule is CCNC(=NCCCOCC(C)C)NCCS(=O)Cc1ccccc1.I. The molecule has 1 aromatic rings. The van der Waals surface area contributed by atoms with Crippen LogP contribution in [0.5, 0.6) is 0 Å². The van der Waals surface area contributed by atoms with E-state index in [0.29, 0.717) is 24.0 Å². The van der Waals surface area contributed by atoms with Gasteiger partial charge >= 0.3 is 0 Å². The molecule has 7 heteroatoms. The molecule has 26 heavy (non-hydrogen) atoms. The molecule has 0 saturated heterocycles. The molecule has 0 heterocycles. The Morgan fingerprint density at radius 3 is 2.62 bits per heavy atom. The van der Waals surface area contributed by atoms with Gasteiger partial charge in [-0.05, 0) is 24.8 Å². The van der Waals surface area contributed by atoms with E-state index < -0.39 is 10.8 Å². The van der Waals surface area contributed by atoms with E-state index in [1.54, 1.807) is 0 Å². The van der Waals surface area contributed by atoms with E-state index in [-0.39, 0.29) is 24.0 Å². The van der Waals surface area contributed by atoms with Gasteiger partial charge in [-0.2, -0.15) is 0 Å². The largest absolute Gasteiger partial charge is 0.381 e. The maximum atomic E-state index is 12.1. The lowest BCUT2D eigenvalue weighted by atomic mass is 10.2. The third-order valence-electron chi connectivity index (χ3n) is 3.30. The van der Waals surface area contributed by atoms with Crippen molar-refractivity contribution in [3.63, 3.8) is 0 Å². The number of ether oxygens (including phenoxy) is 1. The second-order valence-electron chi connectivity index (χ2n) is 6.28. The molecule has 5 nitrogen and oxygen atoms in total. The van der Waals surface area contributed by atoms with E-state index in [9.17, 15) is 4.21 Å². The van der Waals surface area contributed by atoms with Gasteiger partial charge in [0.05, 0.1) is 0 Å². The van der Waals surface area contributed by atoms with Crippen LogP contribution in [0.3, 0.4) is 0 Å². The molecule has 0 fully saturated rings. The number of hydrogen-bond donors (Lipinski definition) is 2. The Balaban J connectivity index is 0.00000625. The molecule has 1 unspecified atom stereocenters. The van der Waals surface area contributed by atoms with Gasteiger partial charge in [0.25, 0.3) is 0 Å². The molecular formula is C19H34IN3O2S. The topological polar surface area (TPSA) is 62.7 Å². The van der Waals surface area contributed by atoms with E-state index in [1.165, 1.54) is 0 Å². The van der Waals surface area contributed by atoms with Crippen LogP contribution in [0.1, 0.15) is 32.8 Å². The zero-order chi connectivity index (χ0) is 18.3. The summed E-state index contributed by atoms with van der Waals surface area (Å²) in [7, 11) is -0.871. The minimum Gasteiger partial charge on any atom is -0.381 e. The molecule has 0 amide bonds. The molecule has 0 aliphatic heterocycles. The first-order valence-corrected chi connectivity index (χ1v) is 10.6. The summed E-state index contributed by atoms with van der Waals surface area (Å²) in [6, 6.07) is 9.95. The van der Waals surface area contributed by atoms with Gasteiger partial charge in [-0.15, -0.1) is 24.0 Å². The number of rotatable bonds is 12. The average Bonchev–Trinajstić information content (AvgIpc) is 2.58. The van der Waals surface area contributed by atoms with E-state index >= 15 is 0 Å². The Morgan fingerprint density at radius 1 is 1.23 bits per heavy atom. The molecular weight excluding hydrogens is 461 g/mol.